The molecule has 4 rings (SSSR count). The smallest absolute Gasteiger partial charge is 0.291 e. The molecule has 0 spiro atoms. The maximum atomic E-state index is 13.1. The number of carbonyl (C=O) groups is 2. The van der Waals surface area contributed by atoms with E-state index in [9.17, 15) is 9.59 Å². The Labute approximate surface area is 164 Å². The minimum atomic E-state index is -0.297. The first-order valence-corrected chi connectivity index (χ1v) is 10.0. The third kappa shape index (κ3) is 3.61. The number of methoxy groups -OCH3 is 1. The topological polar surface area (TPSA) is 76.5 Å². The number of rotatable bonds is 4. The fraction of sp³-hybridized carbons (Fsp3) is 0.476. The van der Waals surface area contributed by atoms with E-state index in [1.54, 1.807) is 19.2 Å². The normalized spacial score (nSPS) is 16.4. The lowest BCUT2D eigenvalue weighted by Crippen LogP contribution is -2.36. The zero-order valence-electron chi connectivity index (χ0n) is 16.2. The summed E-state index contributed by atoms with van der Waals surface area (Å²) in [4.78, 5) is 32.4. The summed E-state index contributed by atoms with van der Waals surface area (Å²) in [6.07, 6.45) is 6.02. The zero-order valence-corrected chi connectivity index (χ0v) is 16.2. The molecule has 1 aromatic heterocycles. The summed E-state index contributed by atoms with van der Waals surface area (Å²) in [5.74, 6) is 0.654. The van der Waals surface area contributed by atoms with E-state index in [4.69, 9.17) is 4.74 Å². The van der Waals surface area contributed by atoms with Crippen LogP contribution in [0.15, 0.2) is 24.3 Å². The van der Waals surface area contributed by atoms with Crippen LogP contribution in [0, 0.1) is 0 Å². The summed E-state index contributed by atoms with van der Waals surface area (Å²) >= 11 is 0. The quantitative estimate of drug-likeness (QED) is 0.882. The molecule has 0 saturated carbocycles. The monoisotopic (exact) mass is 382 g/mol. The van der Waals surface area contributed by atoms with Crippen molar-refractivity contribution in [1.29, 1.82) is 0 Å². The molecule has 28 heavy (non-hydrogen) atoms. The Balaban J connectivity index is 1.62. The van der Waals surface area contributed by atoms with Gasteiger partial charge in [-0.2, -0.15) is 0 Å². The molecule has 0 aliphatic carbocycles. The SMILES string of the molecule is COc1cccc(NC(=O)c2nc(C(=O)N3CCCCC3)c3n2CCCC3)c1. The number of nitrogens with zero attached hydrogens (tertiary/aromatic N) is 3. The summed E-state index contributed by atoms with van der Waals surface area (Å²) in [7, 11) is 1.59. The lowest BCUT2D eigenvalue weighted by atomic mass is 10.1. The van der Waals surface area contributed by atoms with E-state index in [0.29, 0.717) is 23.0 Å². The lowest BCUT2D eigenvalue weighted by molar-refractivity contribution is 0.0717. The molecule has 148 valence electrons. The highest BCUT2D eigenvalue weighted by Gasteiger charge is 2.30. The van der Waals surface area contributed by atoms with Crippen molar-refractivity contribution in [3.63, 3.8) is 0 Å². The van der Waals surface area contributed by atoms with Gasteiger partial charge in [0.05, 0.1) is 12.8 Å². The molecule has 2 amide bonds. The first-order valence-electron chi connectivity index (χ1n) is 10.0. The predicted octanol–water partition coefficient (Wildman–Crippen LogP) is 3.11. The first-order chi connectivity index (χ1) is 13.7. The second kappa shape index (κ2) is 8.04. The highest BCUT2D eigenvalue weighted by atomic mass is 16.5. The molecule has 1 saturated heterocycles. The molecule has 0 radical (unpaired) electrons. The number of benzene rings is 1. The van der Waals surface area contributed by atoms with E-state index in [1.165, 1.54) is 6.42 Å². The van der Waals surface area contributed by atoms with Gasteiger partial charge >= 0.3 is 0 Å². The molecule has 2 aliphatic rings. The van der Waals surface area contributed by atoms with Crippen LogP contribution in [-0.4, -0.2) is 46.5 Å². The fourth-order valence-corrected chi connectivity index (χ4v) is 4.02. The Morgan fingerprint density at radius 3 is 2.64 bits per heavy atom. The van der Waals surface area contributed by atoms with Crippen LogP contribution in [0.25, 0.3) is 0 Å². The van der Waals surface area contributed by atoms with Gasteiger partial charge in [-0.05, 0) is 50.7 Å². The molecular formula is C21H26N4O3. The van der Waals surface area contributed by atoms with Crippen molar-refractivity contribution >= 4 is 17.5 Å². The first kappa shape index (κ1) is 18.5. The molecule has 2 aliphatic heterocycles. The van der Waals surface area contributed by atoms with Crippen molar-refractivity contribution in [2.24, 2.45) is 0 Å². The number of ether oxygens (including phenoxy) is 1. The fourth-order valence-electron chi connectivity index (χ4n) is 4.02. The molecule has 0 bridgehead atoms. The number of piperidine rings is 1. The van der Waals surface area contributed by atoms with E-state index in [0.717, 1.165) is 57.4 Å². The van der Waals surface area contributed by atoms with Crippen molar-refractivity contribution in [2.75, 3.05) is 25.5 Å². The average Bonchev–Trinajstić information content (AvgIpc) is 3.14. The molecule has 3 heterocycles. The van der Waals surface area contributed by atoms with Gasteiger partial charge in [-0.1, -0.05) is 6.07 Å². The molecule has 1 aromatic carbocycles. The summed E-state index contributed by atoms with van der Waals surface area (Å²) < 4.78 is 7.14. The van der Waals surface area contributed by atoms with Crippen LogP contribution in [0.1, 0.15) is 58.9 Å². The number of amides is 2. The average molecular weight is 382 g/mol. The van der Waals surface area contributed by atoms with Crippen LogP contribution in [0.3, 0.4) is 0 Å². The van der Waals surface area contributed by atoms with E-state index >= 15 is 0 Å². The highest BCUT2D eigenvalue weighted by molar-refractivity contribution is 6.03. The number of likely N-dealkylation sites (tertiary alicyclic amines) is 1. The molecule has 7 heteroatoms. The number of nitrogens with one attached hydrogen (secondary N) is 1. The van der Waals surface area contributed by atoms with Crippen LogP contribution >= 0.6 is 0 Å². The molecule has 1 N–H and O–H groups in total. The Kier molecular flexibility index (Phi) is 5.32. The maximum Gasteiger partial charge on any atom is 0.291 e. The van der Waals surface area contributed by atoms with Gasteiger partial charge in [0.15, 0.2) is 5.82 Å². The Morgan fingerprint density at radius 1 is 1.07 bits per heavy atom. The van der Waals surface area contributed by atoms with Crippen LogP contribution in [0.5, 0.6) is 5.75 Å². The minimum absolute atomic E-state index is 0.0363. The van der Waals surface area contributed by atoms with Gasteiger partial charge in [0.1, 0.15) is 11.4 Å². The summed E-state index contributed by atoms with van der Waals surface area (Å²) in [6, 6.07) is 7.21. The van der Waals surface area contributed by atoms with E-state index in [-0.39, 0.29) is 11.8 Å². The minimum Gasteiger partial charge on any atom is -0.497 e. The number of hydrogen-bond acceptors (Lipinski definition) is 4. The second-order valence-corrected chi connectivity index (χ2v) is 7.38. The van der Waals surface area contributed by atoms with Crippen LogP contribution in [0.4, 0.5) is 5.69 Å². The molecular weight excluding hydrogens is 356 g/mol. The Morgan fingerprint density at radius 2 is 1.86 bits per heavy atom. The lowest BCUT2D eigenvalue weighted by Gasteiger charge is -2.26. The van der Waals surface area contributed by atoms with E-state index in [1.807, 2.05) is 21.6 Å². The zero-order chi connectivity index (χ0) is 19.5. The van der Waals surface area contributed by atoms with Crippen LogP contribution in [-0.2, 0) is 13.0 Å². The molecule has 7 nitrogen and oxygen atoms in total. The largest absolute Gasteiger partial charge is 0.497 e. The molecule has 2 aromatic rings. The maximum absolute atomic E-state index is 13.1. The standard InChI is InChI=1S/C21H26N4O3/c1-28-16-9-7-8-15(14-16)22-20(26)19-23-18(17-10-3-6-13-25(17)19)21(27)24-11-4-2-5-12-24/h7-9,14H,2-6,10-13H2,1H3,(H,22,26). The Hall–Kier alpha value is -2.83. The molecule has 0 atom stereocenters. The van der Waals surface area contributed by atoms with E-state index in [2.05, 4.69) is 10.3 Å². The van der Waals surface area contributed by atoms with Gasteiger partial charge in [-0.3, -0.25) is 9.59 Å². The number of anilines is 1. The van der Waals surface area contributed by atoms with Crippen molar-refractivity contribution in [2.45, 2.75) is 45.1 Å². The number of carbonyl (C=O) groups excluding carboxylic acids is 2. The van der Waals surface area contributed by atoms with Crippen LogP contribution < -0.4 is 10.1 Å². The van der Waals surface area contributed by atoms with E-state index < -0.39 is 0 Å². The number of aromatic nitrogens is 2. The van der Waals surface area contributed by atoms with Crippen molar-refractivity contribution in [1.82, 2.24) is 14.5 Å². The molecule has 0 unspecified atom stereocenters. The second-order valence-electron chi connectivity index (χ2n) is 7.38. The number of fused-ring (bicyclic) bond motifs is 1. The van der Waals surface area contributed by atoms with Gasteiger partial charge in [-0.25, -0.2) is 4.98 Å². The van der Waals surface area contributed by atoms with Gasteiger partial charge in [0.2, 0.25) is 0 Å². The summed E-state index contributed by atoms with van der Waals surface area (Å²) in [5, 5.41) is 2.89. The third-order valence-corrected chi connectivity index (χ3v) is 5.49. The van der Waals surface area contributed by atoms with Crippen LogP contribution in [0.2, 0.25) is 0 Å². The van der Waals surface area contributed by atoms with Gasteiger partial charge in [-0.15, -0.1) is 0 Å². The third-order valence-electron chi connectivity index (χ3n) is 5.49. The number of imidazole rings is 1. The van der Waals surface area contributed by atoms with Gasteiger partial charge in [0.25, 0.3) is 11.8 Å². The van der Waals surface area contributed by atoms with Crippen molar-refractivity contribution in [3.8, 4) is 5.75 Å². The summed E-state index contributed by atoms with van der Waals surface area (Å²) in [6.45, 7) is 2.27. The number of hydrogen-bond donors (Lipinski definition) is 1. The highest BCUT2D eigenvalue weighted by Crippen LogP contribution is 2.24. The van der Waals surface area contributed by atoms with Crippen molar-refractivity contribution < 1.29 is 14.3 Å². The van der Waals surface area contributed by atoms with Gasteiger partial charge in [0, 0.05) is 31.4 Å². The van der Waals surface area contributed by atoms with Gasteiger partial charge < -0.3 is 19.5 Å². The summed E-state index contributed by atoms with van der Waals surface area (Å²) in [5.41, 5.74) is 2.00. The Bertz CT molecular complexity index is 884. The van der Waals surface area contributed by atoms with Crippen molar-refractivity contribution in [3.05, 3.63) is 41.5 Å². The predicted molar refractivity (Wildman–Crippen MR) is 106 cm³/mol. The molecule has 1 fully saturated rings.